The topological polar surface area (TPSA) is 186 Å². The van der Waals surface area contributed by atoms with Gasteiger partial charge in [0.15, 0.2) is 0 Å². The summed E-state index contributed by atoms with van der Waals surface area (Å²) in [7, 11) is 2.74. The molecule has 2 saturated heterocycles. The Morgan fingerprint density at radius 2 is 1.60 bits per heavy atom. The molecule has 0 saturated carbocycles. The van der Waals surface area contributed by atoms with Crippen molar-refractivity contribution >= 4 is 45.8 Å². The quantitative estimate of drug-likeness (QED) is 0.117. The number of benzene rings is 3. The van der Waals surface area contributed by atoms with Gasteiger partial charge in [-0.2, -0.15) is 0 Å². The first-order valence-corrected chi connectivity index (χ1v) is 20.8. The van der Waals surface area contributed by atoms with Gasteiger partial charge < -0.3 is 39.7 Å². The van der Waals surface area contributed by atoms with E-state index in [0.29, 0.717) is 31.3 Å². The Bertz CT molecular complexity index is 2490. The van der Waals surface area contributed by atoms with Gasteiger partial charge in [0, 0.05) is 31.1 Å². The van der Waals surface area contributed by atoms with Gasteiger partial charge >= 0.3 is 12.2 Å². The van der Waals surface area contributed by atoms with Crippen molar-refractivity contribution < 1.29 is 33.8 Å². The van der Waals surface area contributed by atoms with Crippen LogP contribution in [0.15, 0.2) is 48.7 Å². The van der Waals surface area contributed by atoms with Gasteiger partial charge in [0.25, 0.3) is 0 Å². The van der Waals surface area contributed by atoms with E-state index in [2.05, 4.69) is 65.5 Å². The van der Waals surface area contributed by atoms with Gasteiger partial charge in [-0.3, -0.25) is 14.5 Å². The number of alkyl carbamates (subject to hydrolysis) is 1. The number of hydrogen-bond donors (Lipinski definition) is 4. The molecular weight excluding hydrogens is 765 g/mol. The number of nitrogens with zero attached hydrogens (tertiary/aromatic N) is 5. The maximum atomic E-state index is 13.9. The second kappa shape index (κ2) is 15.8. The number of likely N-dealkylation sites (N-methyl/N-ethyl adjacent to an activating group) is 1. The van der Waals surface area contributed by atoms with E-state index in [1.54, 1.807) is 11.1 Å². The van der Waals surface area contributed by atoms with E-state index in [0.717, 1.165) is 73.2 Å². The fourth-order valence-corrected chi connectivity index (χ4v) is 9.45. The lowest BCUT2D eigenvalue weighted by atomic mass is 9.92. The first-order valence-electron chi connectivity index (χ1n) is 20.8. The Labute approximate surface area is 348 Å². The highest BCUT2D eigenvalue weighted by Crippen LogP contribution is 2.44. The van der Waals surface area contributed by atoms with Crippen LogP contribution in [-0.4, -0.2) is 103 Å². The molecule has 3 aliphatic heterocycles. The van der Waals surface area contributed by atoms with Crippen LogP contribution < -0.4 is 10.1 Å². The van der Waals surface area contributed by atoms with E-state index in [4.69, 9.17) is 19.4 Å². The van der Waals surface area contributed by atoms with E-state index in [1.807, 2.05) is 38.7 Å². The number of imidazole rings is 2. The maximum absolute atomic E-state index is 13.9. The first kappa shape index (κ1) is 40.7. The lowest BCUT2D eigenvalue weighted by Crippen LogP contribution is -2.51. The van der Waals surface area contributed by atoms with E-state index >= 15 is 0 Å². The molecule has 1 unspecified atom stereocenters. The lowest BCUT2D eigenvalue weighted by molar-refractivity contribution is -0.138. The average molecular weight is 819 g/mol. The zero-order chi connectivity index (χ0) is 42.7. The molecule has 0 spiro atoms. The summed E-state index contributed by atoms with van der Waals surface area (Å²) in [4.78, 5) is 73.3. The molecule has 0 bridgehead atoms. The van der Waals surface area contributed by atoms with Crippen molar-refractivity contribution in [1.82, 2.24) is 40.0 Å². The number of aromatic amines is 2. The number of H-pyrrole nitrogens is 2. The molecule has 6 atom stereocenters. The Morgan fingerprint density at radius 3 is 2.27 bits per heavy atom. The third-order valence-corrected chi connectivity index (χ3v) is 12.5. The number of methoxy groups -OCH3 is 1. The fraction of sp³-hybridized carbons (Fsp3) is 0.467. The molecule has 3 aromatic carbocycles. The molecule has 316 valence electrons. The largest absolute Gasteiger partial charge is 0.488 e. The van der Waals surface area contributed by atoms with Crippen molar-refractivity contribution in [2.75, 3.05) is 27.2 Å². The highest BCUT2D eigenvalue weighted by molar-refractivity contribution is 6.07. The standard InChI is InChI=1S/C45H54N8O7/c1-22(2)37(50-44(56)59-8)42(54)52-19-25(6)14-35(52)41-47-32-12-10-26-16-31-29-11-9-27(15-28(29)21-60-36(31)17-30(26)38(32)49-41)33-18-46-40(48-33)34-13-24(5)20-53(34)43(55)39(23(3)4)51(7)45(57)58/h9-12,15-18,22-25,34-35,37,39H,13-14,19-21H2,1-8H3,(H,46,48)(H,47,49)(H,50,56)(H,57,58)/t24?,25-,34-,35-,37-,39-/m0/s1. The molecule has 2 fully saturated rings. The highest BCUT2D eigenvalue weighted by atomic mass is 16.5. The van der Waals surface area contributed by atoms with Gasteiger partial charge in [0.2, 0.25) is 11.8 Å². The van der Waals surface area contributed by atoms with Crippen LogP contribution in [0.2, 0.25) is 0 Å². The van der Waals surface area contributed by atoms with E-state index in [9.17, 15) is 24.3 Å². The predicted molar refractivity (Wildman–Crippen MR) is 226 cm³/mol. The number of carbonyl (C=O) groups excluding carboxylic acids is 3. The zero-order valence-corrected chi connectivity index (χ0v) is 35.4. The smallest absolute Gasteiger partial charge is 0.407 e. The fourth-order valence-electron chi connectivity index (χ4n) is 9.45. The third kappa shape index (κ3) is 7.27. The minimum Gasteiger partial charge on any atom is -0.488 e. The number of fused-ring (bicyclic) bond motifs is 6. The van der Waals surface area contributed by atoms with E-state index in [1.165, 1.54) is 14.2 Å². The molecule has 5 heterocycles. The summed E-state index contributed by atoms with van der Waals surface area (Å²) in [5.41, 5.74) is 6.51. The Hall–Kier alpha value is -6.12. The van der Waals surface area contributed by atoms with Crippen molar-refractivity contribution in [1.29, 1.82) is 0 Å². The van der Waals surface area contributed by atoms with Gasteiger partial charge in [-0.05, 0) is 82.9 Å². The molecular formula is C45H54N8O7. The zero-order valence-electron chi connectivity index (χ0n) is 35.4. The molecule has 15 heteroatoms. The Morgan fingerprint density at radius 1 is 0.900 bits per heavy atom. The van der Waals surface area contributed by atoms with Gasteiger partial charge in [-0.25, -0.2) is 19.6 Å². The molecule has 8 rings (SSSR count). The number of hydrogen-bond acceptors (Lipinski definition) is 8. The number of ether oxygens (including phenoxy) is 2. The third-order valence-electron chi connectivity index (χ3n) is 12.5. The lowest BCUT2D eigenvalue weighted by Gasteiger charge is -2.33. The number of rotatable bonds is 9. The second-order valence-corrected chi connectivity index (χ2v) is 17.6. The molecule has 5 aromatic rings. The number of aromatic nitrogens is 4. The van der Waals surface area contributed by atoms with Crippen LogP contribution in [0.25, 0.3) is 44.2 Å². The monoisotopic (exact) mass is 818 g/mol. The number of likely N-dealkylation sites (tertiary alicyclic amines) is 2. The molecule has 3 aliphatic rings. The number of carboxylic acid groups (broad SMARTS) is 1. The number of carbonyl (C=O) groups is 4. The van der Waals surface area contributed by atoms with Crippen LogP contribution in [0, 0.1) is 23.7 Å². The molecule has 0 aliphatic carbocycles. The molecule has 4 amide bonds. The minimum atomic E-state index is -1.13. The summed E-state index contributed by atoms with van der Waals surface area (Å²) in [6, 6.07) is 12.5. The van der Waals surface area contributed by atoms with Crippen molar-refractivity contribution in [3.8, 4) is 28.1 Å². The van der Waals surface area contributed by atoms with Crippen LogP contribution in [0.3, 0.4) is 0 Å². The van der Waals surface area contributed by atoms with Gasteiger partial charge in [0.05, 0.1) is 42.1 Å². The molecule has 4 N–H and O–H groups in total. The molecule has 0 radical (unpaired) electrons. The van der Waals surface area contributed by atoms with Gasteiger partial charge in [-0.1, -0.05) is 59.7 Å². The van der Waals surface area contributed by atoms with Crippen LogP contribution in [0.4, 0.5) is 9.59 Å². The van der Waals surface area contributed by atoms with Crippen LogP contribution in [-0.2, 0) is 20.9 Å². The van der Waals surface area contributed by atoms with E-state index in [-0.39, 0.29) is 47.6 Å². The van der Waals surface area contributed by atoms with Gasteiger partial charge in [0.1, 0.15) is 36.1 Å². The van der Waals surface area contributed by atoms with Crippen LogP contribution in [0.5, 0.6) is 5.75 Å². The van der Waals surface area contributed by atoms with Crippen molar-refractivity contribution in [3.63, 3.8) is 0 Å². The summed E-state index contributed by atoms with van der Waals surface area (Å²) in [5.74, 6) is 1.94. The molecule has 15 nitrogen and oxygen atoms in total. The predicted octanol–water partition coefficient (Wildman–Crippen LogP) is 7.50. The van der Waals surface area contributed by atoms with Crippen molar-refractivity contribution in [2.45, 2.75) is 85.2 Å². The summed E-state index contributed by atoms with van der Waals surface area (Å²) in [6.45, 7) is 13.2. The maximum Gasteiger partial charge on any atom is 0.407 e. The molecule has 2 aromatic heterocycles. The summed E-state index contributed by atoms with van der Waals surface area (Å²) in [5, 5.41) is 14.4. The Balaban J connectivity index is 1.05. The van der Waals surface area contributed by atoms with Crippen LogP contribution in [0.1, 0.15) is 83.7 Å². The minimum absolute atomic E-state index is 0.135. The van der Waals surface area contributed by atoms with Crippen LogP contribution >= 0.6 is 0 Å². The first-order chi connectivity index (χ1) is 28.6. The average Bonchev–Trinajstić information content (AvgIpc) is 4.04. The van der Waals surface area contributed by atoms with Crippen molar-refractivity contribution in [3.05, 3.63) is 65.9 Å². The number of nitrogens with one attached hydrogen (secondary N) is 3. The summed E-state index contributed by atoms with van der Waals surface area (Å²) >= 11 is 0. The molecule has 60 heavy (non-hydrogen) atoms. The van der Waals surface area contributed by atoms with Crippen molar-refractivity contribution in [2.24, 2.45) is 23.7 Å². The SMILES string of the molecule is COC(=O)N[C@H](C(=O)N1C[C@@H](C)C[C@H]1c1nc2c(ccc3cc4c(cc32)OCc2cc(-c3cnc([C@@H]5CC(C)CN5C(=O)[C@H](C(C)C)N(C)C(=O)O)[nH]3)ccc2-4)[nH]1)C(C)C. The summed E-state index contributed by atoms with van der Waals surface area (Å²) in [6.07, 6.45) is 1.50. The highest BCUT2D eigenvalue weighted by Gasteiger charge is 2.43. The van der Waals surface area contributed by atoms with E-state index < -0.39 is 24.3 Å². The Kier molecular flexibility index (Phi) is 10.7. The second-order valence-electron chi connectivity index (χ2n) is 17.6. The number of amides is 4. The van der Waals surface area contributed by atoms with Gasteiger partial charge in [-0.15, -0.1) is 0 Å². The normalized spacial score (nSPS) is 20.9. The summed E-state index contributed by atoms with van der Waals surface area (Å²) < 4.78 is 11.2.